The third-order valence-electron chi connectivity index (χ3n) is 2.75. The number of carbonyl (C=O) groups is 1. The maximum absolute atomic E-state index is 11.7. The molecule has 4 nitrogen and oxygen atoms in total. The topological polar surface area (TPSA) is 41.6 Å². The number of carbonyl (C=O) groups excluding carboxylic acids is 1. The first kappa shape index (κ1) is 11.5. The quantitative estimate of drug-likeness (QED) is 0.660. The van der Waals surface area contributed by atoms with Crippen LogP contribution >= 0.6 is 0 Å². The molecule has 14 heavy (non-hydrogen) atoms. The van der Waals surface area contributed by atoms with Crippen molar-refractivity contribution in [3.8, 4) is 0 Å². The number of methoxy groups -OCH3 is 1. The molecule has 0 aromatic rings. The summed E-state index contributed by atoms with van der Waals surface area (Å²) in [5.41, 5.74) is -0.459. The lowest BCUT2D eigenvalue weighted by Crippen LogP contribution is -2.54. The van der Waals surface area contributed by atoms with Gasteiger partial charge in [0.2, 0.25) is 0 Å². The molecule has 0 aromatic heterocycles. The van der Waals surface area contributed by atoms with E-state index in [0.717, 1.165) is 32.5 Å². The third-order valence-corrected chi connectivity index (χ3v) is 2.75. The Labute approximate surface area is 85.6 Å². The highest BCUT2D eigenvalue weighted by molar-refractivity contribution is 5.81. The van der Waals surface area contributed by atoms with Crippen LogP contribution in [-0.4, -0.2) is 50.2 Å². The Morgan fingerprint density at radius 1 is 1.64 bits per heavy atom. The van der Waals surface area contributed by atoms with Crippen LogP contribution in [0.15, 0.2) is 0 Å². The fourth-order valence-corrected chi connectivity index (χ4v) is 1.94. The average Bonchev–Trinajstić information content (AvgIpc) is 2.57. The molecule has 0 aromatic carbocycles. The first-order valence-electron chi connectivity index (χ1n) is 5.16. The van der Waals surface area contributed by atoms with Crippen molar-refractivity contribution >= 4 is 5.97 Å². The van der Waals surface area contributed by atoms with E-state index in [1.54, 1.807) is 0 Å². The second-order valence-corrected chi connectivity index (χ2v) is 3.99. The Morgan fingerprint density at radius 3 is 2.79 bits per heavy atom. The van der Waals surface area contributed by atoms with Crippen LogP contribution in [0.25, 0.3) is 0 Å². The molecular formula is C10H20N2O2. The lowest BCUT2D eigenvalue weighted by molar-refractivity contribution is -0.148. The average molecular weight is 200 g/mol. The van der Waals surface area contributed by atoms with Gasteiger partial charge in [0.05, 0.1) is 7.11 Å². The summed E-state index contributed by atoms with van der Waals surface area (Å²) in [6.07, 6.45) is 1.87. The molecule has 0 radical (unpaired) electrons. The molecule has 0 bridgehead atoms. The molecule has 1 rings (SSSR count). The molecule has 1 saturated heterocycles. The summed E-state index contributed by atoms with van der Waals surface area (Å²) in [7, 11) is 3.48. The van der Waals surface area contributed by atoms with E-state index in [4.69, 9.17) is 4.74 Å². The smallest absolute Gasteiger partial charge is 0.327 e. The lowest BCUT2D eigenvalue weighted by atomic mass is 9.98. The van der Waals surface area contributed by atoms with Gasteiger partial charge in [-0.1, -0.05) is 6.92 Å². The van der Waals surface area contributed by atoms with Crippen molar-refractivity contribution in [3.63, 3.8) is 0 Å². The monoisotopic (exact) mass is 200 g/mol. The van der Waals surface area contributed by atoms with Gasteiger partial charge in [0.15, 0.2) is 0 Å². The minimum atomic E-state index is -0.459. The first-order chi connectivity index (χ1) is 6.64. The molecule has 1 aliphatic heterocycles. The summed E-state index contributed by atoms with van der Waals surface area (Å²) in [5, 5.41) is 3.31. The highest BCUT2D eigenvalue weighted by Gasteiger charge is 2.43. The highest BCUT2D eigenvalue weighted by atomic mass is 16.5. The van der Waals surface area contributed by atoms with E-state index < -0.39 is 5.54 Å². The van der Waals surface area contributed by atoms with Gasteiger partial charge in [-0.2, -0.15) is 0 Å². The second kappa shape index (κ2) is 4.75. The number of likely N-dealkylation sites (N-methyl/N-ethyl adjacent to an activating group) is 1. The zero-order valence-electron chi connectivity index (χ0n) is 9.30. The molecule has 0 spiro atoms. The van der Waals surface area contributed by atoms with Crippen LogP contribution in [0.4, 0.5) is 0 Å². The predicted molar refractivity (Wildman–Crippen MR) is 55.2 cm³/mol. The third kappa shape index (κ3) is 2.25. The summed E-state index contributed by atoms with van der Waals surface area (Å²) < 4.78 is 4.85. The Morgan fingerprint density at radius 2 is 2.36 bits per heavy atom. The number of likely N-dealkylation sites (tertiary alicyclic amines) is 1. The Hall–Kier alpha value is -0.610. The van der Waals surface area contributed by atoms with E-state index in [2.05, 4.69) is 17.1 Å². The molecule has 0 saturated carbocycles. The Bertz CT molecular complexity index is 208. The standard InChI is InChI=1S/C10H20N2O2/c1-4-6-11-10(9(13)14-3)5-7-12(2)8-10/h11H,4-8H2,1-3H3. The van der Waals surface area contributed by atoms with Crippen LogP contribution < -0.4 is 5.32 Å². The number of nitrogens with one attached hydrogen (secondary N) is 1. The zero-order valence-corrected chi connectivity index (χ0v) is 9.30. The number of ether oxygens (including phenoxy) is 1. The minimum absolute atomic E-state index is 0.129. The normalized spacial score (nSPS) is 27.9. The molecule has 1 aliphatic rings. The van der Waals surface area contributed by atoms with E-state index in [-0.39, 0.29) is 5.97 Å². The van der Waals surface area contributed by atoms with Gasteiger partial charge in [0, 0.05) is 13.1 Å². The van der Waals surface area contributed by atoms with Crippen LogP contribution in [0.3, 0.4) is 0 Å². The first-order valence-corrected chi connectivity index (χ1v) is 5.16. The molecule has 0 aliphatic carbocycles. The van der Waals surface area contributed by atoms with Crippen LogP contribution in [0.5, 0.6) is 0 Å². The minimum Gasteiger partial charge on any atom is -0.468 e. The van der Waals surface area contributed by atoms with Gasteiger partial charge in [0.25, 0.3) is 0 Å². The zero-order chi connectivity index (χ0) is 10.6. The summed E-state index contributed by atoms with van der Waals surface area (Å²) in [4.78, 5) is 13.8. The van der Waals surface area contributed by atoms with Crippen LogP contribution in [0.1, 0.15) is 19.8 Å². The molecule has 1 N–H and O–H groups in total. The van der Waals surface area contributed by atoms with Crippen molar-refractivity contribution in [1.29, 1.82) is 0 Å². The van der Waals surface area contributed by atoms with Gasteiger partial charge in [-0.25, -0.2) is 0 Å². The molecule has 0 amide bonds. The molecule has 82 valence electrons. The molecule has 4 heteroatoms. The van der Waals surface area contributed by atoms with Crippen LogP contribution in [-0.2, 0) is 9.53 Å². The molecule has 1 atom stereocenters. The van der Waals surface area contributed by atoms with Gasteiger partial charge >= 0.3 is 5.97 Å². The largest absolute Gasteiger partial charge is 0.468 e. The van der Waals surface area contributed by atoms with Crippen molar-refractivity contribution < 1.29 is 9.53 Å². The van der Waals surface area contributed by atoms with Gasteiger partial charge in [-0.15, -0.1) is 0 Å². The van der Waals surface area contributed by atoms with E-state index in [0.29, 0.717) is 0 Å². The molecule has 1 unspecified atom stereocenters. The van der Waals surface area contributed by atoms with Crippen molar-refractivity contribution in [2.24, 2.45) is 0 Å². The number of hydrogen-bond donors (Lipinski definition) is 1. The van der Waals surface area contributed by atoms with Crippen molar-refractivity contribution in [2.45, 2.75) is 25.3 Å². The van der Waals surface area contributed by atoms with Gasteiger partial charge < -0.3 is 15.0 Å². The maximum Gasteiger partial charge on any atom is 0.327 e. The van der Waals surface area contributed by atoms with E-state index in [1.165, 1.54) is 7.11 Å². The molecular weight excluding hydrogens is 180 g/mol. The summed E-state index contributed by atoms with van der Waals surface area (Å²) in [6, 6.07) is 0. The predicted octanol–water partition coefficient (Wildman–Crippen LogP) is 0.233. The summed E-state index contributed by atoms with van der Waals surface area (Å²) in [5.74, 6) is -0.129. The van der Waals surface area contributed by atoms with Crippen molar-refractivity contribution in [3.05, 3.63) is 0 Å². The van der Waals surface area contributed by atoms with Gasteiger partial charge in [-0.3, -0.25) is 4.79 Å². The highest BCUT2D eigenvalue weighted by Crippen LogP contribution is 2.21. The van der Waals surface area contributed by atoms with E-state index in [1.807, 2.05) is 7.05 Å². The van der Waals surface area contributed by atoms with Crippen LogP contribution in [0.2, 0.25) is 0 Å². The number of esters is 1. The Balaban J connectivity index is 2.65. The van der Waals surface area contributed by atoms with E-state index >= 15 is 0 Å². The number of nitrogens with zero attached hydrogens (tertiary/aromatic N) is 1. The number of rotatable bonds is 4. The summed E-state index contributed by atoms with van der Waals surface area (Å²) >= 11 is 0. The fourth-order valence-electron chi connectivity index (χ4n) is 1.94. The van der Waals surface area contributed by atoms with E-state index in [9.17, 15) is 4.79 Å². The number of hydrogen-bond acceptors (Lipinski definition) is 4. The lowest BCUT2D eigenvalue weighted by Gasteiger charge is -2.27. The maximum atomic E-state index is 11.7. The fraction of sp³-hybridized carbons (Fsp3) is 0.900. The molecule has 1 fully saturated rings. The van der Waals surface area contributed by atoms with Gasteiger partial charge in [-0.05, 0) is 26.4 Å². The molecule has 1 heterocycles. The SMILES string of the molecule is CCCNC1(C(=O)OC)CCN(C)C1. The second-order valence-electron chi connectivity index (χ2n) is 3.99. The Kier molecular flexibility index (Phi) is 3.89. The van der Waals surface area contributed by atoms with Gasteiger partial charge in [0.1, 0.15) is 5.54 Å². The van der Waals surface area contributed by atoms with Crippen molar-refractivity contribution in [2.75, 3.05) is 33.8 Å². The van der Waals surface area contributed by atoms with Crippen LogP contribution in [0, 0.1) is 0 Å². The van der Waals surface area contributed by atoms with Crippen molar-refractivity contribution in [1.82, 2.24) is 10.2 Å². The summed E-state index contributed by atoms with van der Waals surface area (Å²) in [6.45, 7) is 4.66.